The monoisotopic (exact) mass is 347 g/mol. The van der Waals surface area contributed by atoms with Gasteiger partial charge in [-0.2, -0.15) is 0 Å². The maximum absolute atomic E-state index is 11.9. The lowest BCUT2D eigenvalue weighted by Crippen LogP contribution is -2.54. The third kappa shape index (κ3) is 3.22. The first-order valence-corrected chi connectivity index (χ1v) is 9.23. The van der Waals surface area contributed by atoms with Crippen molar-refractivity contribution in [3.63, 3.8) is 0 Å². The molecule has 0 spiro atoms. The van der Waals surface area contributed by atoms with Crippen molar-refractivity contribution in [3.05, 3.63) is 35.8 Å². The molecular weight excluding hydrogens is 318 g/mol. The van der Waals surface area contributed by atoms with Gasteiger partial charge < -0.3 is 19.2 Å². The predicted octanol–water partition coefficient (Wildman–Crippen LogP) is 4.32. The van der Waals surface area contributed by atoms with Gasteiger partial charge in [0.15, 0.2) is 0 Å². The van der Waals surface area contributed by atoms with Crippen molar-refractivity contribution < 1.29 is 18.7 Å². The lowest BCUT2D eigenvalue weighted by Gasteiger charge is -2.54. The van der Waals surface area contributed by atoms with Gasteiger partial charge in [0.2, 0.25) is 0 Å². The Hall–Kier alpha value is -1.75. The largest absolute Gasteiger partial charge is 0.467 e. The average Bonchev–Trinajstić information content (AvgIpc) is 3.11. The SMILES string of the molecule is CCCNC(=O)OC[C@]12CO[C@@H](c3ccco3)[C@H](C(C)=C[C@@H]1C)[C@H]2C. The summed E-state index contributed by atoms with van der Waals surface area (Å²) in [6.45, 7) is 10.2. The van der Waals surface area contributed by atoms with E-state index < -0.39 is 0 Å². The molecule has 2 heterocycles. The van der Waals surface area contributed by atoms with Gasteiger partial charge in [0, 0.05) is 17.9 Å². The summed E-state index contributed by atoms with van der Waals surface area (Å²) in [5.74, 6) is 1.72. The van der Waals surface area contributed by atoms with Gasteiger partial charge in [0.1, 0.15) is 18.5 Å². The highest BCUT2D eigenvalue weighted by Crippen LogP contribution is 2.56. The molecule has 1 aromatic rings. The van der Waals surface area contributed by atoms with E-state index in [9.17, 15) is 4.79 Å². The molecule has 25 heavy (non-hydrogen) atoms. The second-order valence-electron chi connectivity index (χ2n) is 7.50. The number of alkyl carbamates (subject to hydrolysis) is 1. The van der Waals surface area contributed by atoms with Crippen molar-refractivity contribution in [2.24, 2.45) is 23.2 Å². The van der Waals surface area contributed by atoms with Gasteiger partial charge >= 0.3 is 6.09 Å². The molecule has 3 rings (SSSR count). The fourth-order valence-corrected chi connectivity index (χ4v) is 4.45. The van der Waals surface area contributed by atoms with Crippen LogP contribution in [0.3, 0.4) is 0 Å². The standard InChI is InChI=1S/C20H29NO4/c1-5-8-21-19(22)25-12-20-11-24-18(16-7-6-9-23-16)17(15(20)4)13(2)10-14(20)3/h6-7,9-10,14-15,17-18H,5,8,11-12H2,1-4H3,(H,21,22)/t14-,15+,17+,18-,20+/m0/s1. The number of ether oxygens (including phenoxy) is 2. The average molecular weight is 347 g/mol. The van der Waals surface area contributed by atoms with Crippen LogP contribution in [0.1, 0.15) is 46.0 Å². The third-order valence-electron chi connectivity index (χ3n) is 6.06. The Kier molecular flexibility index (Phi) is 5.23. The highest BCUT2D eigenvalue weighted by atomic mass is 16.6. The number of nitrogens with one attached hydrogen (secondary N) is 1. The highest BCUT2D eigenvalue weighted by molar-refractivity contribution is 5.67. The maximum Gasteiger partial charge on any atom is 0.407 e. The smallest absolute Gasteiger partial charge is 0.407 e. The third-order valence-corrected chi connectivity index (χ3v) is 6.06. The first-order chi connectivity index (χ1) is 12.0. The maximum atomic E-state index is 11.9. The van der Waals surface area contributed by atoms with Crippen molar-refractivity contribution in [1.29, 1.82) is 0 Å². The Morgan fingerprint density at radius 1 is 1.44 bits per heavy atom. The zero-order chi connectivity index (χ0) is 18.0. The van der Waals surface area contributed by atoms with Crippen molar-refractivity contribution in [2.45, 2.75) is 40.2 Å². The van der Waals surface area contributed by atoms with Crippen LogP contribution in [0.4, 0.5) is 4.79 Å². The number of allylic oxidation sites excluding steroid dienone is 1. The number of hydrogen-bond donors (Lipinski definition) is 1. The van der Waals surface area contributed by atoms with Gasteiger partial charge in [-0.1, -0.05) is 32.4 Å². The van der Waals surface area contributed by atoms with Crippen molar-refractivity contribution in [3.8, 4) is 0 Å². The van der Waals surface area contributed by atoms with Crippen LogP contribution in [-0.4, -0.2) is 25.9 Å². The zero-order valence-corrected chi connectivity index (χ0v) is 15.6. The van der Waals surface area contributed by atoms with E-state index in [4.69, 9.17) is 13.9 Å². The molecule has 0 radical (unpaired) electrons. The van der Waals surface area contributed by atoms with Gasteiger partial charge in [0.05, 0.1) is 12.9 Å². The summed E-state index contributed by atoms with van der Waals surface area (Å²) in [7, 11) is 0. The van der Waals surface area contributed by atoms with Crippen LogP contribution in [0.15, 0.2) is 34.5 Å². The Bertz CT molecular complexity index is 624. The summed E-state index contributed by atoms with van der Waals surface area (Å²) < 4.78 is 17.5. The van der Waals surface area contributed by atoms with Crippen LogP contribution in [0.25, 0.3) is 0 Å². The number of rotatable bonds is 5. The number of carbonyl (C=O) groups is 1. The normalized spacial score (nSPS) is 34.3. The molecule has 138 valence electrons. The molecule has 5 atom stereocenters. The van der Waals surface area contributed by atoms with E-state index in [1.165, 1.54) is 5.57 Å². The van der Waals surface area contributed by atoms with Gasteiger partial charge in [-0.05, 0) is 37.3 Å². The molecule has 1 aliphatic carbocycles. The van der Waals surface area contributed by atoms with Crippen LogP contribution in [0.2, 0.25) is 0 Å². The summed E-state index contributed by atoms with van der Waals surface area (Å²) in [5.41, 5.74) is 1.13. The summed E-state index contributed by atoms with van der Waals surface area (Å²) in [4.78, 5) is 11.9. The molecule has 1 fully saturated rings. The molecule has 5 heteroatoms. The molecule has 1 aromatic heterocycles. The lowest BCUT2D eigenvalue weighted by atomic mass is 9.56. The molecule has 0 aromatic carbocycles. The quantitative estimate of drug-likeness (QED) is 0.806. The first-order valence-electron chi connectivity index (χ1n) is 9.23. The summed E-state index contributed by atoms with van der Waals surface area (Å²) in [6, 6.07) is 3.88. The lowest BCUT2D eigenvalue weighted by molar-refractivity contribution is -0.170. The van der Waals surface area contributed by atoms with E-state index in [2.05, 4.69) is 32.2 Å². The molecule has 5 nitrogen and oxygen atoms in total. The number of hydrogen-bond acceptors (Lipinski definition) is 4. The summed E-state index contributed by atoms with van der Waals surface area (Å²) in [6.07, 6.45) is 4.49. The Morgan fingerprint density at radius 3 is 2.92 bits per heavy atom. The highest BCUT2D eigenvalue weighted by Gasteiger charge is 2.55. The number of fused-ring (bicyclic) bond motifs is 2. The molecule has 1 aliphatic heterocycles. The minimum absolute atomic E-state index is 0.0733. The van der Waals surface area contributed by atoms with Crippen molar-refractivity contribution in [1.82, 2.24) is 5.32 Å². The van der Waals surface area contributed by atoms with Gasteiger partial charge in [-0.25, -0.2) is 4.79 Å². The van der Waals surface area contributed by atoms with Crippen molar-refractivity contribution >= 4 is 6.09 Å². The van der Waals surface area contributed by atoms with Crippen LogP contribution in [-0.2, 0) is 9.47 Å². The Balaban J connectivity index is 1.80. The fourth-order valence-electron chi connectivity index (χ4n) is 4.45. The fraction of sp³-hybridized carbons (Fsp3) is 0.650. The van der Waals surface area contributed by atoms with Gasteiger partial charge in [-0.15, -0.1) is 0 Å². The molecule has 1 N–H and O–H groups in total. The number of carbonyl (C=O) groups excluding carboxylic acids is 1. The zero-order valence-electron chi connectivity index (χ0n) is 15.6. The molecule has 1 saturated heterocycles. The van der Waals surface area contributed by atoms with E-state index >= 15 is 0 Å². The molecule has 0 unspecified atom stereocenters. The summed E-state index contributed by atoms with van der Waals surface area (Å²) in [5, 5.41) is 2.78. The van der Waals surface area contributed by atoms with E-state index in [1.54, 1.807) is 6.26 Å². The Labute approximate surface area is 149 Å². The predicted molar refractivity (Wildman–Crippen MR) is 95.1 cm³/mol. The van der Waals surface area contributed by atoms with Crippen LogP contribution >= 0.6 is 0 Å². The molecule has 1 amide bonds. The number of furan rings is 1. The van der Waals surface area contributed by atoms with Crippen LogP contribution < -0.4 is 5.32 Å². The van der Waals surface area contributed by atoms with E-state index in [-0.39, 0.29) is 29.4 Å². The van der Waals surface area contributed by atoms with Crippen LogP contribution in [0.5, 0.6) is 0 Å². The van der Waals surface area contributed by atoms with E-state index in [0.29, 0.717) is 25.7 Å². The second-order valence-corrected chi connectivity index (χ2v) is 7.50. The number of amides is 1. The molecule has 2 aliphatic rings. The van der Waals surface area contributed by atoms with Gasteiger partial charge in [0.25, 0.3) is 0 Å². The summed E-state index contributed by atoms with van der Waals surface area (Å²) >= 11 is 0. The van der Waals surface area contributed by atoms with Crippen LogP contribution in [0, 0.1) is 23.2 Å². The second kappa shape index (κ2) is 7.24. The van der Waals surface area contributed by atoms with E-state index in [0.717, 1.165) is 12.2 Å². The van der Waals surface area contributed by atoms with Gasteiger partial charge in [-0.3, -0.25) is 0 Å². The van der Waals surface area contributed by atoms with Crippen molar-refractivity contribution in [2.75, 3.05) is 19.8 Å². The molecular formula is C20H29NO4. The van der Waals surface area contributed by atoms with E-state index in [1.807, 2.05) is 19.1 Å². The Morgan fingerprint density at radius 2 is 2.24 bits per heavy atom. The first kappa shape index (κ1) is 18.1. The molecule has 2 bridgehead atoms. The molecule has 0 saturated carbocycles. The minimum atomic E-state index is -0.341. The minimum Gasteiger partial charge on any atom is -0.467 e. The topological polar surface area (TPSA) is 60.7 Å².